The monoisotopic (exact) mass is 542 g/mol. The fourth-order valence-electron chi connectivity index (χ4n) is 4.17. The molecule has 0 bridgehead atoms. The van der Waals surface area contributed by atoms with Crippen molar-refractivity contribution in [3.05, 3.63) is 57.1 Å². The molecule has 37 heavy (non-hydrogen) atoms. The average molecular weight is 543 g/mol. The first kappa shape index (κ1) is 28.4. The zero-order valence-corrected chi connectivity index (χ0v) is 21.2. The van der Waals surface area contributed by atoms with E-state index in [-0.39, 0.29) is 65.8 Å². The number of piperidine rings is 1. The van der Waals surface area contributed by atoms with Crippen LogP contribution in [0.15, 0.2) is 35.4 Å². The fourth-order valence-corrected chi connectivity index (χ4v) is 5.19. The number of anilines is 1. The lowest BCUT2D eigenvalue weighted by atomic mass is 9.86. The highest BCUT2D eigenvalue weighted by Crippen LogP contribution is 2.31. The van der Waals surface area contributed by atoms with Gasteiger partial charge in [-0.2, -0.15) is 13.2 Å². The van der Waals surface area contributed by atoms with Crippen molar-refractivity contribution in [3.63, 3.8) is 0 Å². The Hall–Kier alpha value is -3.19. The van der Waals surface area contributed by atoms with Crippen LogP contribution in [-0.4, -0.2) is 59.2 Å². The minimum atomic E-state index is -4.27. The minimum absolute atomic E-state index is 0.0183. The predicted molar refractivity (Wildman–Crippen MR) is 132 cm³/mol. The standard InChI is InChI=1S/C24H29F3N4O5S/c1-3-19-20(28-15-29-21(19)32)16(2)37(35,36)30-18-7-5-17(6-8-18)22(33)31-13-11-23(34,12-14-31)9-4-10-24(25,26)27/h3,5-8,15,30,34H,4,9-14H2,1-2H3,(H,28,29,32)/b19-3+,20-16-. The Labute approximate surface area is 211 Å². The third-order valence-corrected chi connectivity index (χ3v) is 7.89. The summed E-state index contributed by atoms with van der Waals surface area (Å²) in [5.74, 6) is -0.328. The molecule has 1 aliphatic heterocycles. The third kappa shape index (κ3) is 7.19. The second-order valence-corrected chi connectivity index (χ2v) is 10.8. The van der Waals surface area contributed by atoms with Crippen LogP contribution in [0.25, 0.3) is 11.0 Å². The number of likely N-dealkylation sites (tertiary alicyclic amines) is 1. The van der Waals surface area contributed by atoms with Gasteiger partial charge in [0.25, 0.3) is 21.5 Å². The second kappa shape index (κ2) is 11.1. The van der Waals surface area contributed by atoms with E-state index in [0.29, 0.717) is 5.56 Å². The number of hydrogen-bond acceptors (Lipinski definition) is 6. The molecule has 0 spiro atoms. The van der Waals surface area contributed by atoms with Crippen LogP contribution >= 0.6 is 0 Å². The number of alkyl halides is 3. The molecule has 1 amide bonds. The number of aromatic nitrogens is 2. The van der Waals surface area contributed by atoms with E-state index in [1.54, 1.807) is 6.92 Å². The zero-order chi connectivity index (χ0) is 27.4. The van der Waals surface area contributed by atoms with Crippen LogP contribution in [0.5, 0.6) is 0 Å². The molecule has 0 saturated carbocycles. The average Bonchev–Trinajstić information content (AvgIpc) is 2.83. The molecule has 2 aromatic rings. The largest absolute Gasteiger partial charge is 0.390 e. The van der Waals surface area contributed by atoms with Crippen LogP contribution in [0.2, 0.25) is 0 Å². The molecule has 0 atom stereocenters. The van der Waals surface area contributed by atoms with Crippen molar-refractivity contribution in [3.8, 4) is 0 Å². The van der Waals surface area contributed by atoms with Gasteiger partial charge in [0.05, 0.1) is 27.4 Å². The molecule has 1 aliphatic rings. The van der Waals surface area contributed by atoms with Crippen LogP contribution in [0.1, 0.15) is 56.3 Å². The molecule has 1 fully saturated rings. The Morgan fingerprint density at radius 2 is 1.86 bits per heavy atom. The van der Waals surface area contributed by atoms with Gasteiger partial charge < -0.3 is 15.0 Å². The number of benzene rings is 1. The van der Waals surface area contributed by atoms with Crippen molar-refractivity contribution in [1.82, 2.24) is 14.9 Å². The predicted octanol–water partition coefficient (Wildman–Crippen LogP) is 1.84. The van der Waals surface area contributed by atoms with E-state index in [1.807, 2.05) is 0 Å². The van der Waals surface area contributed by atoms with Crippen molar-refractivity contribution < 1.29 is 31.5 Å². The van der Waals surface area contributed by atoms with Gasteiger partial charge in [-0.25, -0.2) is 13.4 Å². The van der Waals surface area contributed by atoms with Gasteiger partial charge in [-0.15, -0.1) is 0 Å². The van der Waals surface area contributed by atoms with E-state index in [2.05, 4.69) is 14.7 Å². The first-order valence-electron chi connectivity index (χ1n) is 11.7. The number of aliphatic hydroxyl groups is 1. The van der Waals surface area contributed by atoms with Gasteiger partial charge in [0, 0.05) is 30.8 Å². The number of carbonyl (C=O) groups excluding carboxylic acids is 1. The van der Waals surface area contributed by atoms with E-state index >= 15 is 0 Å². The number of carbonyl (C=O) groups is 1. The molecule has 1 aromatic heterocycles. The quantitative estimate of drug-likeness (QED) is 0.489. The van der Waals surface area contributed by atoms with Crippen molar-refractivity contribution in [2.45, 2.75) is 57.7 Å². The maximum absolute atomic E-state index is 12.9. The number of amides is 1. The van der Waals surface area contributed by atoms with Crippen molar-refractivity contribution >= 4 is 32.6 Å². The Kier molecular flexibility index (Phi) is 8.48. The molecule has 1 saturated heterocycles. The maximum atomic E-state index is 12.9. The molecule has 3 N–H and O–H groups in total. The van der Waals surface area contributed by atoms with Crippen LogP contribution in [0.3, 0.4) is 0 Å². The van der Waals surface area contributed by atoms with E-state index in [4.69, 9.17) is 0 Å². The summed E-state index contributed by atoms with van der Waals surface area (Å²) in [6, 6.07) is 5.76. The van der Waals surface area contributed by atoms with Gasteiger partial charge >= 0.3 is 6.18 Å². The summed E-state index contributed by atoms with van der Waals surface area (Å²) in [6.07, 6.45) is -2.43. The number of hydrogen-bond donors (Lipinski definition) is 3. The summed E-state index contributed by atoms with van der Waals surface area (Å²) in [5, 5.41) is 10.7. The van der Waals surface area contributed by atoms with Crippen molar-refractivity contribution in [1.29, 1.82) is 0 Å². The highest BCUT2D eigenvalue weighted by molar-refractivity contribution is 8.01. The number of aromatic amines is 1. The Bertz CT molecular complexity index is 1410. The summed E-state index contributed by atoms with van der Waals surface area (Å²) in [4.78, 5) is 32.6. The molecule has 2 heterocycles. The lowest BCUT2D eigenvalue weighted by molar-refractivity contribution is -0.138. The van der Waals surface area contributed by atoms with Crippen LogP contribution in [0.4, 0.5) is 18.9 Å². The summed E-state index contributed by atoms with van der Waals surface area (Å²) < 4.78 is 65.3. The highest BCUT2D eigenvalue weighted by Gasteiger charge is 2.35. The topological polar surface area (TPSA) is 132 Å². The molecule has 202 valence electrons. The Morgan fingerprint density at radius 3 is 2.43 bits per heavy atom. The molecule has 0 unspecified atom stereocenters. The van der Waals surface area contributed by atoms with Gasteiger partial charge in [-0.05, 0) is 63.8 Å². The third-order valence-electron chi connectivity index (χ3n) is 6.38. The number of sulfonamides is 1. The first-order chi connectivity index (χ1) is 17.2. The second-order valence-electron chi connectivity index (χ2n) is 9.01. The lowest BCUT2D eigenvalue weighted by Crippen LogP contribution is -2.46. The number of nitrogens with zero attached hydrogens (tertiary/aromatic N) is 2. The van der Waals surface area contributed by atoms with Crippen LogP contribution in [-0.2, 0) is 10.0 Å². The lowest BCUT2D eigenvalue weighted by Gasteiger charge is -2.38. The zero-order valence-electron chi connectivity index (χ0n) is 20.4. The van der Waals surface area contributed by atoms with Crippen molar-refractivity contribution in [2.75, 3.05) is 17.8 Å². The number of rotatable bonds is 7. The molecule has 1 aromatic carbocycles. The number of H-pyrrole nitrogens is 1. The Balaban J connectivity index is 1.66. The van der Waals surface area contributed by atoms with Gasteiger partial charge in [0.1, 0.15) is 0 Å². The Morgan fingerprint density at radius 1 is 1.24 bits per heavy atom. The van der Waals surface area contributed by atoms with E-state index in [0.717, 1.165) is 6.33 Å². The SMILES string of the molecule is C/C=c1/c(=O)[nH]cn/c1=C(/C)S(=O)(=O)Nc1ccc(C(=O)N2CCC(O)(CCCC(F)(F)F)CC2)cc1. The van der Waals surface area contributed by atoms with Gasteiger partial charge in [0.2, 0.25) is 0 Å². The maximum Gasteiger partial charge on any atom is 0.389 e. The fraction of sp³-hybridized carbons (Fsp3) is 0.458. The van der Waals surface area contributed by atoms with E-state index in [1.165, 1.54) is 42.2 Å². The summed E-state index contributed by atoms with van der Waals surface area (Å²) >= 11 is 0. The van der Waals surface area contributed by atoms with Gasteiger partial charge in [-0.3, -0.25) is 14.3 Å². The summed E-state index contributed by atoms with van der Waals surface area (Å²) in [6.45, 7) is 3.32. The van der Waals surface area contributed by atoms with Gasteiger partial charge in [0.15, 0.2) is 0 Å². The van der Waals surface area contributed by atoms with E-state index < -0.39 is 33.8 Å². The number of halogens is 3. The molecule has 9 nitrogen and oxygen atoms in total. The normalized spacial score (nSPS) is 17.5. The molecular weight excluding hydrogens is 513 g/mol. The van der Waals surface area contributed by atoms with E-state index in [9.17, 15) is 36.3 Å². The minimum Gasteiger partial charge on any atom is -0.390 e. The number of nitrogens with one attached hydrogen (secondary N) is 2. The first-order valence-corrected chi connectivity index (χ1v) is 13.2. The summed E-state index contributed by atoms with van der Waals surface area (Å²) in [7, 11) is -4.06. The molecule has 3 rings (SSSR count). The molecule has 0 aliphatic carbocycles. The van der Waals surface area contributed by atoms with Gasteiger partial charge in [-0.1, -0.05) is 6.08 Å². The van der Waals surface area contributed by atoms with Crippen molar-refractivity contribution in [2.24, 2.45) is 0 Å². The smallest absolute Gasteiger partial charge is 0.389 e. The molecular formula is C24H29F3N4O5S. The summed E-state index contributed by atoms with van der Waals surface area (Å²) in [5.41, 5.74) is -1.21. The van der Waals surface area contributed by atoms with Crippen LogP contribution in [0, 0.1) is 0 Å². The molecule has 13 heteroatoms. The van der Waals surface area contributed by atoms with Crippen LogP contribution < -0.4 is 20.8 Å². The highest BCUT2D eigenvalue weighted by atomic mass is 32.2. The molecule has 0 radical (unpaired) electrons.